The van der Waals surface area contributed by atoms with Crippen LogP contribution in [-0.2, 0) is 13.0 Å². The van der Waals surface area contributed by atoms with E-state index in [2.05, 4.69) is 23.6 Å². The third-order valence-corrected chi connectivity index (χ3v) is 4.67. The minimum Gasteiger partial charge on any atom is -0.493 e. The molecule has 2 aromatic carbocycles. The van der Waals surface area contributed by atoms with Gasteiger partial charge in [-0.2, -0.15) is 5.26 Å². The van der Waals surface area contributed by atoms with Gasteiger partial charge in [0, 0.05) is 12.3 Å². The standard InChI is InChI=1S/C19H19N3OS/c1-2-22-18-6-4-3-5-17(18)21-19(22)24-14-13-23-16-9-7-15(8-10-16)11-12-20/h3-10H,2,11,13-14H2,1H3. The van der Waals surface area contributed by atoms with Crippen LogP contribution in [-0.4, -0.2) is 21.9 Å². The van der Waals surface area contributed by atoms with Crippen molar-refractivity contribution >= 4 is 22.8 Å². The van der Waals surface area contributed by atoms with Crippen LogP contribution in [0.25, 0.3) is 11.0 Å². The number of para-hydroxylation sites is 2. The van der Waals surface area contributed by atoms with Gasteiger partial charge in [-0.05, 0) is 36.8 Å². The fraction of sp³-hybridized carbons (Fsp3) is 0.263. The molecule has 122 valence electrons. The number of thioether (sulfide) groups is 1. The fourth-order valence-electron chi connectivity index (χ4n) is 2.56. The quantitative estimate of drug-likeness (QED) is 0.476. The van der Waals surface area contributed by atoms with Crippen LogP contribution in [0.5, 0.6) is 5.75 Å². The molecule has 24 heavy (non-hydrogen) atoms. The second kappa shape index (κ2) is 7.89. The number of rotatable bonds is 7. The Labute approximate surface area is 146 Å². The average molecular weight is 337 g/mol. The molecule has 0 saturated carbocycles. The molecule has 0 atom stereocenters. The zero-order chi connectivity index (χ0) is 16.8. The highest BCUT2D eigenvalue weighted by Crippen LogP contribution is 2.24. The highest BCUT2D eigenvalue weighted by molar-refractivity contribution is 7.99. The van der Waals surface area contributed by atoms with Crippen molar-refractivity contribution in [2.24, 2.45) is 0 Å². The Morgan fingerprint density at radius 2 is 1.96 bits per heavy atom. The lowest BCUT2D eigenvalue weighted by Gasteiger charge is -2.07. The number of ether oxygens (including phenoxy) is 1. The summed E-state index contributed by atoms with van der Waals surface area (Å²) >= 11 is 1.71. The summed E-state index contributed by atoms with van der Waals surface area (Å²) in [6.45, 7) is 3.66. The van der Waals surface area contributed by atoms with Crippen molar-refractivity contribution in [1.82, 2.24) is 9.55 Å². The molecule has 0 aliphatic heterocycles. The van der Waals surface area contributed by atoms with Crippen LogP contribution in [0.2, 0.25) is 0 Å². The van der Waals surface area contributed by atoms with Crippen molar-refractivity contribution < 1.29 is 4.74 Å². The lowest BCUT2D eigenvalue weighted by molar-refractivity contribution is 0.343. The average Bonchev–Trinajstić information content (AvgIpc) is 2.98. The van der Waals surface area contributed by atoms with E-state index in [1.165, 1.54) is 5.52 Å². The molecule has 0 unspecified atom stereocenters. The lowest BCUT2D eigenvalue weighted by atomic mass is 10.2. The second-order valence-corrected chi connectivity index (χ2v) is 6.37. The van der Waals surface area contributed by atoms with E-state index in [0.717, 1.165) is 34.3 Å². The predicted octanol–water partition coefficient (Wildman–Crippen LogP) is 4.29. The third-order valence-electron chi connectivity index (χ3n) is 3.73. The summed E-state index contributed by atoms with van der Waals surface area (Å²) in [6.07, 6.45) is 0.434. The van der Waals surface area contributed by atoms with Crippen LogP contribution in [0.15, 0.2) is 53.7 Å². The molecule has 1 heterocycles. The van der Waals surface area contributed by atoms with Crippen LogP contribution in [0.1, 0.15) is 12.5 Å². The zero-order valence-electron chi connectivity index (χ0n) is 13.6. The maximum atomic E-state index is 8.67. The number of aryl methyl sites for hydroxylation is 1. The van der Waals surface area contributed by atoms with Crippen molar-refractivity contribution in [1.29, 1.82) is 5.26 Å². The monoisotopic (exact) mass is 337 g/mol. The number of hydrogen-bond acceptors (Lipinski definition) is 4. The normalized spacial score (nSPS) is 10.7. The van der Waals surface area contributed by atoms with Crippen LogP contribution < -0.4 is 4.74 Å². The molecule has 1 aromatic heterocycles. The topological polar surface area (TPSA) is 50.8 Å². The van der Waals surface area contributed by atoms with Gasteiger partial charge in [-0.1, -0.05) is 36.0 Å². The lowest BCUT2D eigenvalue weighted by Crippen LogP contribution is -2.02. The van der Waals surface area contributed by atoms with Gasteiger partial charge in [0.2, 0.25) is 0 Å². The summed E-state index contributed by atoms with van der Waals surface area (Å²) in [5.41, 5.74) is 3.23. The van der Waals surface area contributed by atoms with E-state index in [9.17, 15) is 0 Å². The van der Waals surface area contributed by atoms with Gasteiger partial charge in [0.1, 0.15) is 5.75 Å². The molecule has 4 nitrogen and oxygen atoms in total. The van der Waals surface area contributed by atoms with E-state index in [4.69, 9.17) is 15.0 Å². The molecule has 5 heteroatoms. The minimum absolute atomic E-state index is 0.434. The molecular weight excluding hydrogens is 318 g/mol. The SMILES string of the molecule is CCn1c(SCCOc2ccc(CC#N)cc2)nc2ccccc21. The number of hydrogen-bond donors (Lipinski definition) is 0. The van der Waals surface area contributed by atoms with E-state index >= 15 is 0 Å². The van der Waals surface area contributed by atoms with Gasteiger partial charge in [0.15, 0.2) is 5.16 Å². The molecular formula is C19H19N3OS. The van der Waals surface area contributed by atoms with Crippen molar-refractivity contribution in [2.75, 3.05) is 12.4 Å². The van der Waals surface area contributed by atoms with Gasteiger partial charge in [-0.25, -0.2) is 4.98 Å². The third kappa shape index (κ3) is 3.72. The van der Waals surface area contributed by atoms with Crippen LogP contribution >= 0.6 is 11.8 Å². The van der Waals surface area contributed by atoms with Crippen LogP contribution in [0.3, 0.4) is 0 Å². The van der Waals surface area contributed by atoms with Gasteiger partial charge < -0.3 is 9.30 Å². The van der Waals surface area contributed by atoms with Crippen molar-refractivity contribution in [3.63, 3.8) is 0 Å². The molecule has 0 radical (unpaired) electrons. The summed E-state index contributed by atoms with van der Waals surface area (Å²) in [5.74, 6) is 1.67. The maximum Gasteiger partial charge on any atom is 0.169 e. The number of imidazole rings is 1. The fourth-order valence-corrected chi connectivity index (χ4v) is 3.45. The van der Waals surface area contributed by atoms with Crippen molar-refractivity contribution in [2.45, 2.75) is 25.0 Å². The van der Waals surface area contributed by atoms with E-state index in [0.29, 0.717) is 13.0 Å². The first-order valence-corrected chi connectivity index (χ1v) is 8.97. The molecule has 0 N–H and O–H groups in total. The highest BCUT2D eigenvalue weighted by atomic mass is 32.2. The summed E-state index contributed by atoms with van der Waals surface area (Å²) < 4.78 is 8.00. The molecule has 0 bridgehead atoms. The second-order valence-electron chi connectivity index (χ2n) is 5.30. The van der Waals surface area contributed by atoms with E-state index < -0.39 is 0 Å². The number of nitrogens with zero attached hydrogens (tertiary/aromatic N) is 3. The maximum absolute atomic E-state index is 8.67. The Kier molecular flexibility index (Phi) is 5.39. The summed E-state index contributed by atoms with van der Waals surface area (Å²) in [4.78, 5) is 4.70. The smallest absolute Gasteiger partial charge is 0.169 e. The van der Waals surface area contributed by atoms with E-state index in [1.807, 2.05) is 42.5 Å². The predicted molar refractivity (Wildman–Crippen MR) is 97.4 cm³/mol. The zero-order valence-corrected chi connectivity index (χ0v) is 14.4. The van der Waals surface area contributed by atoms with E-state index in [-0.39, 0.29) is 0 Å². The largest absolute Gasteiger partial charge is 0.493 e. The van der Waals surface area contributed by atoms with E-state index in [1.54, 1.807) is 11.8 Å². The number of nitriles is 1. The Morgan fingerprint density at radius 3 is 2.71 bits per heavy atom. The van der Waals surface area contributed by atoms with Crippen LogP contribution in [0.4, 0.5) is 0 Å². The first kappa shape index (κ1) is 16.4. The number of fused-ring (bicyclic) bond motifs is 1. The minimum atomic E-state index is 0.434. The Balaban J connectivity index is 1.56. The summed E-state index contributed by atoms with van der Waals surface area (Å²) in [7, 11) is 0. The molecule has 0 aliphatic carbocycles. The Morgan fingerprint density at radius 1 is 1.17 bits per heavy atom. The van der Waals surface area contributed by atoms with Crippen molar-refractivity contribution in [3.05, 3.63) is 54.1 Å². The Hall–Kier alpha value is -2.45. The number of benzene rings is 2. The molecule has 0 saturated heterocycles. The molecule has 0 fully saturated rings. The first-order valence-electron chi connectivity index (χ1n) is 7.98. The Bertz CT molecular complexity index is 849. The molecule has 0 amide bonds. The van der Waals surface area contributed by atoms with Gasteiger partial charge in [-0.3, -0.25) is 0 Å². The highest BCUT2D eigenvalue weighted by Gasteiger charge is 2.09. The number of aromatic nitrogens is 2. The molecule has 0 aliphatic rings. The van der Waals surface area contributed by atoms with Gasteiger partial charge in [0.25, 0.3) is 0 Å². The van der Waals surface area contributed by atoms with Gasteiger partial charge in [-0.15, -0.1) is 0 Å². The first-order chi connectivity index (χ1) is 11.8. The van der Waals surface area contributed by atoms with Crippen LogP contribution in [0, 0.1) is 11.3 Å². The van der Waals surface area contributed by atoms with Gasteiger partial charge >= 0.3 is 0 Å². The summed E-state index contributed by atoms with van der Waals surface area (Å²) in [5, 5.41) is 9.71. The molecule has 0 spiro atoms. The molecule has 3 rings (SSSR count). The summed E-state index contributed by atoms with van der Waals surface area (Å²) in [6, 6.07) is 18.1. The molecule has 3 aromatic rings. The van der Waals surface area contributed by atoms with Crippen molar-refractivity contribution in [3.8, 4) is 11.8 Å². The van der Waals surface area contributed by atoms with Gasteiger partial charge in [0.05, 0.1) is 30.1 Å².